The van der Waals surface area contributed by atoms with Crippen molar-refractivity contribution >= 4 is 0 Å². The van der Waals surface area contributed by atoms with Crippen molar-refractivity contribution in [2.24, 2.45) is 5.73 Å². The van der Waals surface area contributed by atoms with E-state index in [2.05, 4.69) is 9.97 Å². The average Bonchev–Trinajstić information content (AvgIpc) is 2.30. The minimum absolute atomic E-state index is 0.270. The van der Waals surface area contributed by atoms with E-state index in [1.54, 1.807) is 24.4 Å². The van der Waals surface area contributed by atoms with Gasteiger partial charge in [0.25, 0.3) is 0 Å². The summed E-state index contributed by atoms with van der Waals surface area (Å²) in [5, 5.41) is 0. The van der Waals surface area contributed by atoms with Crippen LogP contribution in [-0.4, -0.2) is 9.97 Å². The number of benzene rings is 1. The second-order valence-electron chi connectivity index (χ2n) is 3.16. The van der Waals surface area contributed by atoms with E-state index < -0.39 is 0 Å². The molecule has 0 aliphatic heterocycles. The molecular formula is C11H10FN3. The Morgan fingerprint density at radius 2 is 1.87 bits per heavy atom. The van der Waals surface area contributed by atoms with Crippen LogP contribution in [-0.2, 0) is 0 Å². The van der Waals surface area contributed by atoms with E-state index in [-0.39, 0.29) is 11.9 Å². The zero-order valence-corrected chi connectivity index (χ0v) is 7.97. The van der Waals surface area contributed by atoms with E-state index in [9.17, 15) is 4.39 Å². The Morgan fingerprint density at radius 3 is 2.47 bits per heavy atom. The molecule has 2 rings (SSSR count). The SMILES string of the molecule is NC(c1ccc(F)cc1)c1ccncn1. The molecule has 2 N–H and O–H groups in total. The first-order chi connectivity index (χ1) is 7.27. The standard InChI is InChI=1S/C11H10FN3/c12-9-3-1-8(2-4-9)11(13)10-5-6-14-7-15-10/h1-7,11H,13H2. The molecule has 0 saturated heterocycles. The van der Waals surface area contributed by atoms with Gasteiger partial charge in [-0.05, 0) is 23.8 Å². The summed E-state index contributed by atoms with van der Waals surface area (Å²) in [4.78, 5) is 7.86. The third kappa shape index (κ3) is 2.16. The van der Waals surface area contributed by atoms with Gasteiger partial charge in [0.2, 0.25) is 0 Å². The maximum Gasteiger partial charge on any atom is 0.123 e. The largest absolute Gasteiger partial charge is 0.319 e. The monoisotopic (exact) mass is 203 g/mol. The number of rotatable bonds is 2. The molecule has 1 aromatic carbocycles. The molecule has 0 spiro atoms. The van der Waals surface area contributed by atoms with Gasteiger partial charge in [-0.25, -0.2) is 14.4 Å². The lowest BCUT2D eigenvalue weighted by Gasteiger charge is -2.10. The van der Waals surface area contributed by atoms with Crippen LogP contribution in [0.5, 0.6) is 0 Å². The Balaban J connectivity index is 2.29. The molecule has 76 valence electrons. The van der Waals surface area contributed by atoms with Crippen LogP contribution in [0.1, 0.15) is 17.3 Å². The van der Waals surface area contributed by atoms with Crippen molar-refractivity contribution in [1.82, 2.24) is 9.97 Å². The summed E-state index contributed by atoms with van der Waals surface area (Å²) in [5.41, 5.74) is 7.50. The first-order valence-electron chi connectivity index (χ1n) is 4.54. The molecule has 1 atom stereocenters. The van der Waals surface area contributed by atoms with Crippen LogP contribution in [0.15, 0.2) is 42.9 Å². The van der Waals surface area contributed by atoms with Crippen molar-refractivity contribution in [3.63, 3.8) is 0 Å². The van der Waals surface area contributed by atoms with E-state index in [0.717, 1.165) is 11.3 Å². The second kappa shape index (κ2) is 4.14. The summed E-state index contributed by atoms with van der Waals surface area (Å²) in [6.07, 6.45) is 3.07. The second-order valence-corrected chi connectivity index (χ2v) is 3.16. The van der Waals surface area contributed by atoms with E-state index >= 15 is 0 Å². The van der Waals surface area contributed by atoms with Gasteiger partial charge in [0.15, 0.2) is 0 Å². The maximum atomic E-state index is 12.7. The Hall–Kier alpha value is -1.81. The Labute approximate surface area is 86.8 Å². The highest BCUT2D eigenvalue weighted by Crippen LogP contribution is 2.16. The highest BCUT2D eigenvalue weighted by molar-refractivity contribution is 5.26. The predicted molar refractivity (Wildman–Crippen MR) is 54.5 cm³/mol. The van der Waals surface area contributed by atoms with Gasteiger partial charge in [-0.3, -0.25) is 0 Å². The average molecular weight is 203 g/mol. The highest BCUT2D eigenvalue weighted by atomic mass is 19.1. The molecule has 0 amide bonds. The van der Waals surface area contributed by atoms with Gasteiger partial charge in [-0.1, -0.05) is 12.1 Å². The zero-order chi connectivity index (χ0) is 10.7. The van der Waals surface area contributed by atoms with Crippen LogP contribution in [0.3, 0.4) is 0 Å². The number of halogens is 1. The van der Waals surface area contributed by atoms with Crippen LogP contribution in [0.2, 0.25) is 0 Å². The van der Waals surface area contributed by atoms with Crippen molar-refractivity contribution in [3.8, 4) is 0 Å². The minimum Gasteiger partial charge on any atom is -0.319 e. The molecule has 0 saturated carbocycles. The first kappa shape index (κ1) is 9.73. The van der Waals surface area contributed by atoms with Crippen LogP contribution < -0.4 is 5.73 Å². The minimum atomic E-state index is -0.339. The zero-order valence-electron chi connectivity index (χ0n) is 7.97. The molecule has 2 aromatic rings. The van der Waals surface area contributed by atoms with E-state index in [0.29, 0.717) is 0 Å². The Bertz CT molecular complexity index is 427. The summed E-state index contributed by atoms with van der Waals surface area (Å²) in [6.45, 7) is 0. The van der Waals surface area contributed by atoms with Gasteiger partial charge in [0, 0.05) is 6.20 Å². The van der Waals surface area contributed by atoms with Crippen molar-refractivity contribution < 1.29 is 4.39 Å². The molecule has 0 bridgehead atoms. The molecule has 0 radical (unpaired) electrons. The number of aromatic nitrogens is 2. The fraction of sp³-hybridized carbons (Fsp3) is 0.0909. The smallest absolute Gasteiger partial charge is 0.123 e. The summed E-state index contributed by atoms with van der Waals surface area (Å²) in [6, 6.07) is 7.49. The molecule has 0 fully saturated rings. The van der Waals surface area contributed by atoms with Gasteiger partial charge in [0.1, 0.15) is 12.1 Å². The number of nitrogens with zero attached hydrogens (tertiary/aromatic N) is 2. The molecule has 0 aliphatic carbocycles. The fourth-order valence-corrected chi connectivity index (χ4v) is 1.33. The van der Waals surface area contributed by atoms with Crippen LogP contribution >= 0.6 is 0 Å². The third-order valence-electron chi connectivity index (χ3n) is 2.15. The van der Waals surface area contributed by atoms with E-state index in [1.807, 2.05) is 0 Å². The molecule has 15 heavy (non-hydrogen) atoms. The molecule has 4 heteroatoms. The van der Waals surface area contributed by atoms with Gasteiger partial charge < -0.3 is 5.73 Å². The van der Waals surface area contributed by atoms with Crippen LogP contribution in [0.4, 0.5) is 4.39 Å². The first-order valence-corrected chi connectivity index (χ1v) is 4.54. The fourth-order valence-electron chi connectivity index (χ4n) is 1.33. The molecular weight excluding hydrogens is 193 g/mol. The predicted octanol–water partition coefficient (Wildman–Crippen LogP) is 1.66. The lowest BCUT2D eigenvalue weighted by molar-refractivity contribution is 0.626. The van der Waals surface area contributed by atoms with Gasteiger partial charge in [0.05, 0.1) is 11.7 Å². The van der Waals surface area contributed by atoms with Gasteiger partial charge in [-0.2, -0.15) is 0 Å². The van der Waals surface area contributed by atoms with Crippen LogP contribution in [0.25, 0.3) is 0 Å². The van der Waals surface area contributed by atoms with Crippen LogP contribution in [0, 0.1) is 5.82 Å². The van der Waals surface area contributed by atoms with Gasteiger partial charge in [-0.15, -0.1) is 0 Å². The Kier molecular flexibility index (Phi) is 2.69. The summed E-state index contributed by atoms with van der Waals surface area (Å²) < 4.78 is 12.7. The van der Waals surface area contributed by atoms with Crippen molar-refractivity contribution in [1.29, 1.82) is 0 Å². The lowest BCUT2D eigenvalue weighted by Crippen LogP contribution is -2.13. The normalized spacial score (nSPS) is 12.4. The topological polar surface area (TPSA) is 51.8 Å². The highest BCUT2D eigenvalue weighted by Gasteiger charge is 2.09. The quantitative estimate of drug-likeness (QED) is 0.807. The maximum absolute atomic E-state index is 12.7. The third-order valence-corrected chi connectivity index (χ3v) is 2.15. The molecule has 1 unspecified atom stereocenters. The van der Waals surface area contributed by atoms with Crippen molar-refractivity contribution in [3.05, 3.63) is 59.9 Å². The molecule has 3 nitrogen and oxygen atoms in total. The van der Waals surface area contributed by atoms with Crippen molar-refractivity contribution in [2.75, 3.05) is 0 Å². The molecule has 0 aliphatic rings. The molecule has 1 aromatic heterocycles. The molecule has 1 heterocycles. The van der Waals surface area contributed by atoms with Crippen molar-refractivity contribution in [2.45, 2.75) is 6.04 Å². The van der Waals surface area contributed by atoms with E-state index in [1.165, 1.54) is 18.5 Å². The number of hydrogen-bond donors (Lipinski definition) is 1. The summed E-state index contributed by atoms with van der Waals surface area (Å²) >= 11 is 0. The Morgan fingerprint density at radius 1 is 1.13 bits per heavy atom. The number of nitrogens with two attached hydrogens (primary N) is 1. The summed E-state index contributed by atoms with van der Waals surface area (Å²) in [5.74, 6) is -0.270. The lowest BCUT2D eigenvalue weighted by atomic mass is 10.0. The van der Waals surface area contributed by atoms with Gasteiger partial charge >= 0.3 is 0 Å². The van der Waals surface area contributed by atoms with E-state index in [4.69, 9.17) is 5.73 Å². The summed E-state index contributed by atoms with van der Waals surface area (Å²) in [7, 11) is 0. The number of hydrogen-bond acceptors (Lipinski definition) is 3.